The highest BCUT2D eigenvalue weighted by atomic mass is 16.4. The second kappa shape index (κ2) is 10.5. The van der Waals surface area contributed by atoms with E-state index >= 15 is 0 Å². The molecule has 2 heterocycles. The van der Waals surface area contributed by atoms with Crippen LogP contribution in [-0.2, 0) is 11.2 Å². The number of carbonyl (C=O) groups is 2. The van der Waals surface area contributed by atoms with Crippen LogP contribution in [0.4, 0.5) is 0 Å². The smallest absolute Gasteiger partial charge is 0.358 e. The van der Waals surface area contributed by atoms with Crippen LogP contribution in [0.3, 0.4) is 0 Å². The van der Waals surface area contributed by atoms with Gasteiger partial charge >= 0.3 is 5.97 Å². The SMILES string of the molecule is CNC(=O)CCc1cc(-c2ccc(-c3ccc(C)cc3)cc2)n(-c2ccc(-n3cc(C(=O)O)nn3)cc2)n1. The molecule has 0 aliphatic heterocycles. The Morgan fingerprint density at radius 2 is 1.47 bits per heavy atom. The Morgan fingerprint density at radius 1 is 0.868 bits per heavy atom. The van der Waals surface area contributed by atoms with Gasteiger partial charge in [0.2, 0.25) is 5.91 Å². The number of carbonyl (C=O) groups excluding carboxylic acids is 1. The molecule has 0 aliphatic rings. The lowest BCUT2D eigenvalue weighted by atomic mass is 10.0. The second-order valence-electron chi connectivity index (χ2n) is 8.92. The molecule has 0 aliphatic carbocycles. The van der Waals surface area contributed by atoms with Crippen LogP contribution in [0.2, 0.25) is 0 Å². The number of rotatable bonds is 8. The average molecular weight is 507 g/mol. The van der Waals surface area contributed by atoms with Crippen molar-refractivity contribution in [3.8, 4) is 33.8 Å². The van der Waals surface area contributed by atoms with E-state index in [-0.39, 0.29) is 11.6 Å². The van der Waals surface area contributed by atoms with Crippen LogP contribution in [0.5, 0.6) is 0 Å². The number of aromatic carboxylic acids is 1. The Labute approximate surface area is 219 Å². The Kier molecular flexibility index (Phi) is 6.82. The molecule has 0 radical (unpaired) electrons. The maximum absolute atomic E-state index is 11.8. The van der Waals surface area contributed by atoms with Crippen LogP contribution in [0.25, 0.3) is 33.8 Å². The Balaban J connectivity index is 1.48. The predicted molar refractivity (Wildman–Crippen MR) is 143 cm³/mol. The summed E-state index contributed by atoms with van der Waals surface area (Å²) in [6, 6.07) is 26.2. The van der Waals surface area contributed by atoms with Crippen LogP contribution in [-0.4, -0.2) is 48.8 Å². The summed E-state index contributed by atoms with van der Waals surface area (Å²) in [5.41, 5.74) is 7.54. The minimum atomic E-state index is -1.13. The molecule has 1 amide bonds. The zero-order valence-electron chi connectivity index (χ0n) is 21.0. The molecule has 2 aromatic heterocycles. The lowest BCUT2D eigenvalue weighted by molar-refractivity contribution is -0.120. The maximum Gasteiger partial charge on any atom is 0.358 e. The molecule has 0 bridgehead atoms. The van der Waals surface area contributed by atoms with Gasteiger partial charge in [-0.2, -0.15) is 5.10 Å². The van der Waals surface area contributed by atoms with E-state index in [1.807, 2.05) is 35.0 Å². The number of hydrogen-bond acceptors (Lipinski definition) is 5. The highest BCUT2D eigenvalue weighted by molar-refractivity contribution is 5.84. The van der Waals surface area contributed by atoms with Gasteiger partial charge in [-0.3, -0.25) is 4.79 Å². The van der Waals surface area contributed by atoms with Crippen LogP contribution >= 0.6 is 0 Å². The number of carboxylic acids is 1. The average Bonchev–Trinajstić information content (AvgIpc) is 3.61. The van der Waals surface area contributed by atoms with Crippen molar-refractivity contribution >= 4 is 11.9 Å². The van der Waals surface area contributed by atoms with Gasteiger partial charge in [-0.25, -0.2) is 14.2 Å². The molecule has 190 valence electrons. The molecule has 9 heteroatoms. The van der Waals surface area contributed by atoms with Crippen LogP contribution in [0.1, 0.15) is 28.2 Å². The van der Waals surface area contributed by atoms with Crippen LogP contribution in [0.15, 0.2) is 85.1 Å². The van der Waals surface area contributed by atoms with Crippen molar-refractivity contribution in [3.05, 3.63) is 102 Å². The first-order valence-electron chi connectivity index (χ1n) is 12.1. The topological polar surface area (TPSA) is 115 Å². The molecule has 0 fully saturated rings. The van der Waals surface area contributed by atoms with Crippen molar-refractivity contribution in [1.29, 1.82) is 0 Å². The molecule has 0 unspecified atom stereocenters. The summed E-state index contributed by atoms with van der Waals surface area (Å²) in [4.78, 5) is 23.0. The highest BCUT2D eigenvalue weighted by Gasteiger charge is 2.14. The summed E-state index contributed by atoms with van der Waals surface area (Å²) >= 11 is 0. The van der Waals surface area contributed by atoms with E-state index in [9.17, 15) is 9.59 Å². The first-order chi connectivity index (χ1) is 18.4. The maximum atomic E-state index is 11.8. The molecule has 5 aromatic rings. The first kappa shape index (κ1) is 24.6. The Bertz CT molecular complexity index is 1580. The van der Waals surface area contributed by atoms with Gasteiger partial charge in [-0.05, 0) is 48.4 Å². The van der Waals surface area contributed by atoms with E-state index in [4.69, 9.17) is 10.2 Å². The minimum absolute atomic E-state index is 0.0403. The van der Waals surface area contributed by atoms with Gasteiger partial charge in [0.15, 0.2) is 5.69 Å². The molecule has 0 saturated heterocycles. The monoisotopic (exact) mass is 506 g/mol. The summed E-state index contributed by atoms with van der Waals surface area (Å²) < 4.78 is 3.27. The van der Waals surface area contributed by atoms with Crippen molar-refractivity contribution in [2.24, 2.45) is 0 Å². The summed E-state index contributed by atoms with van der Waals surface area (Å²) in [7, 11) is 1.62. The summed E-state index contributed by atoms with van der Waals surface area (Å²) in [5, 5.41) is 24.1. The zero-order valence-corrected chi connectivity index (χ0v) is 21.0. The van der Waals surface area contributed by atoms with E-state index in [1.54, 1.807) is 7.05 Å². The number of hydrogen-bond donors (Lipinski definition) is 2. The zero-order chi connectivity index (χ0) is 26.6. The number of nitrogens with zero attached hydrogens (tertiary/aromatic N) is 5. The number of aromatic nitrogens is 5. The summed E-state index contributed by atoms with van der Waals surface area (Å²) in [6.07, 6.45) is 2.22. The normalized spacial score (nSPS) is 10.9. The van der Waals surface area contributed by atoms with Gasteiger partial charge < -0.3 is 10.4 Å². The van der Waals surface area contributed by atoms with Gasteiger partial charge in [0.05, 0.1) is 29.0 Å². The number of aryl methyl sites for hydroxylation is 2. The van der Waals surface area contributed by atoms with Crippen molar-refractivity contribution in [2.75, 3.05) is 7.05 Å². The molecule has 9 nitrogen and oxygen atoms in total. The van der Waals surface area contributed by atoms with E-state index in [2.05, 4.69) is 71.1 Å². The molecule has 3 aromatic carbocycles. The molecule has 0 atom stereocenters. The van der Waals surface area contributed by atoms with Crippen molar-refractivity contribution < 1.29 is 14.7 Å². The van der Waals surface area contributed by atoms with Gasteiger partial charge in [-0.1, -0.05) is 59.3 Å². The lowest BCUT2D eigenvalue weighted by Gasteiger charge is -2.10. The third kappa shape index (κ3) is 5.22. The molecule has 0 spiro atoms. The molecule has 0 saturated carbocycles. The number of benzene rings is 3. The summed E-state index contributed by atoms with van der Waals surface area (Å²) in [6.45, 7) is 2.07. The summed E-state index contributed by atoms with van der Waals surface area (Å²) in [5.74, 6) is -1.17. The van der Waals surface area contributed by atoms with E-state index in [1.165, 1.54) is 16.4 Å². The van der Waals surface area contributed by atoms with E-state index < -0.39 is 5.97 Å². The highest BCUT2D eigenvalue weighted by Crippen LogP contribution is 2.28. The van der Waals surface area contributed by atoms with Crippen molar-refractivity contribution in [2.45, 2.75) is 19.8 Å². The lowest BCUT2D eigenvalue weighted by Crippen LogP contribution is -2.18. The molecule has 2 N–H and O–H groups in total. The third-order valence-electron chi connectivity index (χ3n) is 6.28. The fraction of sp³-hybridized carbons (Fsp3) is 0.138. The fourth-order valence-electron chi connectivity index (χ4n) is 4.14. The van der Waals surface area contributed by atoms with Gasteiger partial charge in [-0.15, -0.1) is 5.10 Å². The van der Waals surface area contributed by atoms with Crippen LogP contribution in [0, 0.1) is 6.92 Å². The molecular weight excluding hydrogens is 480 g/mol. The van der Waals surface area contributed by atoms with Crippen LogP contribution < -0.4 is 5.32 Å². The van der Waals surface area contributed by atoms with E-state index in [0.717, 1.165) is 33.8 Å². The fourth-order valence-corrected chi connectivity index (χ4v) is 4.14. The van der Waals surface area contributed by atoms with Gasteiger partial charge in [0.1, 0.15) is 0 Å². The van der Waals surface area contributed by atoms with Crippen molar-refractivity contribution in [1.82, 2.24) is 30.1 Å². The third-order valence-corrected chi connectivity index (χ3v) is 6.28. The number of amides is 1. The molecule has 38 heavy (non-hydrogen) atoms. The standard InChI is InChI=1S/C29H26N6O3/c1-19-3-5-20(6-4-19)21-7-9-22(10-8-21)27-17-23(11-16-28(36)30-2)32-35(27)25-14-12-24(13-15-25)34-18-26(29(37)38)31-33-34/h3-10,12-15,17-18H,11,16H2,1-2H3,(H,30,36)(H,37,38). The number of carboxylic acid groups (broad SMARTS) is 1. The molecular formula is C29H26N6O3. The van der Waals surface area contributed by atoms with Gasteiger partial charge in [0, 0.05) is 25.5 Å². The largest absolute Gasteiger partial charge is 0.476 e. The minimum Gasteiger partial charge on any atom is -0.476 e. The first-order valence-corrected chi connectivity index (χ1v) is 12.1. The van der Waals surface area contributed by atoms with Crippen molar-refractivity contribution in [3.63, 3.8) is 0 Å². The Hall–Kier alpha value is -5.05. The molecule has 5 rings (SSSR count). The predicted octanol–water partition coefficient (Wildman–Crippen LogP) is 4.47. The second-order valence-corrected chi connectivity index (χ2v) is 8.92. The Morgan fingerprint density at radius 3 is 2.08 bits per heavy atom. The number of nitrogens with one attached hydrogen (secondary N) is 1. The van der Waals surface area contributed by atoms with Gasteiger partial charge in [0.25, 0.3) is 0 Å². The van der Waals surface area contributed by atoms with E-state index in [0.29, 0.717) is 18.5 Å². The quantitative estimate of drug-likeness (QED) is 0.321.